The number of fused-ring (bicyclic) bond motifs is 3. The monoisotopic (exact) mass is 463 g/mol. The summed E-state index contributed by atoms with van der Waals surface area (Å²) in [5.41, 5.74) is 2.53. The summed E-state index contributed by atoms with van der Waals surface area (Å²) >= 11 is 0. The fraction of sp³-hybridized carbons (Fsp3) is 0.480. The van der Waals surface area contributed by atoms with Crippen molar-refractivity contribution < 1.29 is 14.7 Å². The van der Waals surface area contributed by atoms with Gasteiger partial charge in [-0.05, 0) is 50.3 Å². The van der Waals surface area contributed by atoms with E-state index in [0.717, 1.165) is 31.3 Å². The maximum Gasteiger partial charge on any atom is 0.275 e. The summed E-state index contributed by atoms with van der Waals surface area (Å²) in [6, 6.07) is 2.38. The van der Waals surface area contributed by atoms with Crippen LogP contribution in [0.2, 0.25) is 0 Å². The van der Waals surface area contributed by atoms with Gasteiger partial charge in [0.1, 0.15) is 11.7 Å². The minimum Gasteiger partial charge on any atom is -0.396 e. The standard InChI is InChI=1S/C25H29N5O4/c1-2-27-23(32)22-18(14-31)17-13-29-20(9-8-16(24(29)33)15-6-4-3-5-7-15)21(17)30(22)25(34)19-12-26-10-11-28-19/h6,8-12,17-18,21-22,31H,2-5,7,13-14H2,1H3,(H,27,32)/t17-,18-,21+,22-/m1/s1. The average Bonchev–Trinajstić information content (AvgIpc) is 3.40. The number of pyridine rings is 1. The van der Waals surface area contributed by atoms with Crippen LogP contribution in [0.4, 0.5) is 0 Å². The number of aliphatic hydroxyl groups is 1. The molecular weight excluding hydrogens is 434 g/mol. The van der Waals surface area contributed by atoms with Crippen molar-refractivity contribution in [2.24, 2.45) is 11.8 Å². The zero-order valence-electron chi connectivity index (χ0n) is 19.2. The molecule has 0 aromatic carbocycles. The summed E-state index contributed by atoms with van der Waals surface area (Å²) in [5.74, 6) is -1.52. The molecule has 2 amide bonds. The number of hydrogen-bond donors (Lipinski definition) is 2. The van der Waals surface area contributed by atoms with Crippen LogP contribution in [0.1, 0.15) is 60.4 Å². The number of likely N-dealkylation sites (N-methyl/N-ethyl adjacent to an activating group) is 1. The zero-order chi connectivity index (χ0) is 23.8. The van der Waals surface area contributed by atoms with Gasteiger partial charge in [-0.15, -0.1) is 0 Å². The molecule has 0 radical (unpaired) electrons. The smallest absolute Gasteiger partial charge is 0.275 e. The van der Waals surface area contributed by atoms with Gasteiger partial charge in [0.05, 0.1) is 12.2 Å². The molecule has 1 fully saturated rings. The zero-order valence-corrected chi connectivity index (χ0v) is 19.2. The van der Waals surface area contributed by atoms with Crippen molar-refractivity contribution in [3.05, 3.63) is 64.1 Å². The van der Waals surface area contributed by atoms with E-state index in [0.29, 0.717) is 24.3 Å². The first kappa shape index (κ1) is 22.5. The Labute approximate surface area is 197 Å². The van der Waals surface area contributed by atoms with Gasteiger partial charge in [-0.25, -0.2) is 4.98 Å². The van der Waals surface area contributed by atoms with Crippen LogP contribution in [-0.4, -0.2) is 55.5 Å². The first-order chi connectivity index (χ1) is 16.6. The summed E-state index contributed by atoms with van der Waals surface area (Å²) in [5, 5.41) is 13.1. The molecule has 1 saturated heterocycles. The number of hydrogen-bond acceptors (Lipinski definition) is 6. The van der Waals surface area contributed by atoms with E-state index >= 15 is 0 Å². The van der Waals surface area contributed by atoms with Gasteiger partial charge < -0.3 is 19.9 Å². The number of nitrogens with one attached hydrogen (secondary N) is 1. The Bertz CT molecular complexity index is 1190. The number of aromatic nitrogens is 3. The molecule has 2 aromatic rings. The van der Waals surface area contributed by atoms with Gasteiger partial charge in [-0.1, -0.05) is 6.08 Å². The Morgan fingerprint density at radius 2 is 2.09 bits per heavy atom. The van der Waals surface area contributed by atoms with Gasteiger partial charge in [-0.3, -0.25) is 19.4 Å². The molecule has 0 saturated carbocycles. The highest BCUT2D eigenvalue weighted by Crippen LogP contribution is 2.49. The molecule has 178 valence electrons. The summed E-state index contributed by atoms with van der Waals surface area (Å²) in [7, 11) is 0. The molecule has 3 aliphatic rings. The summed E-state index contributed by atoms with van der Waals surface area (Å²) in [6.07, 6.45) is 10.5. The molecule has 5 rings (SSSR count). The fourth-order valence-corrected chi connectivity index (χ4v) is 5.86. The van der Waals surface area contributed by atoms with Crippen molar-refractivity contribution in [3.8, 4) is 0 Å². The molecule has 4 atom stereocenters. The largest absolute Gasteiger partial charge is 0.396 e. The minimum absolute atomic E-state index is 0.0711. The van der Waals surface area contributed by atoms with E-state index in [1.165, 1.54) is 23.5 Å². The Morgan fingerprint density at radius 1 is 1.24 bits per heavy atom. The predicted molar refractivity (Wildman–Crippen MR) is 125 cm³/mol. The van der Waals surface area contributed by atoms with E-state index in [1.54, 1.807) is 4.57 Å². The lowest BCUT2D eigenvalue weighted by molar-refractivity contribution is -0.126. The third kappa shape index (κ3) is 3.55. The fourth-order valence-electron chi connectivity index (χ4n) is 5.86. The first-order valence-corrected chi connectivity index (χ1v) is 12.0. The molecule has 34 heavy (non-hydrogen) atoms. The lowest BCUT2D eigenvalue weighted by Crippen LogP contribution is -2.50. The van der Waals surface area contributed by atoms with Crippen LogP contribution in [-0.2, 0) is 11.3 Å². The van der Waals surface area contributed by atoms with Crippen LogP contribution < -0.4 is 10.9 Å². The number of carbonyl (C=O) groups is 2. The summed E-state index contributed by atoms with van der Waals surface area (Å²) < 4.78 is 1.73. The van der Waals surface area contributed by atoms with Crippen LogP contribution in [0, 0.1) is 11.8 Å². The number of nitrogens with zero attached hydrogens (tertiary/aromatic N) is 4. The summed E-state index contributed by atoms with van der Waals surface area (Å²) in [4.78, 5) is 49.9. The third-order valence-corrected chi connectivity index (χ3v) is 7.35. The minimum atomic E-state index is -0.862. The van der Waals surface area contributed by atoms with Crippen molar-refractivity contribution >= 4 is 17.4 Å². The van der Waals surface area contributed by atoms with E-state index in [4.69, 9.17) is 0 Å². The summed E-state index contributed by atoms with van der Waals surface area (Å²) in [6.45, 7) is 2.30. The van der Waals surface area contributed by atoms with E-state index < -0.39 is 23.9 Å². The van der Waals surface area contributed by atoms with Crippen molar-refractivity contribution in [1.29, 1.82) is 0 Å². The third-order valence-electron chi connectivity index (χ3n) is 7.35. The number of rotatable bonds is 5. The lowest BCUT2D eigenvalue weighted by atomic mass is 9.88. The first-order valence-electron chi connectivity index (χ1n) is 12.0. The molecule has 9 heteroatoms. The highest BCUT2D eigenvalue weighted by Gasteiger charge is 2.57. The SMILES string of the molecule is CCNC(=O)[C@H]1[C@H](CO)[C@H]2Cn3c(ccc(C4=CCCCC4)c3=O)[C@H]2N1C(=O)c1cnccn1. The molecule has 2 aliphatic heterocycles. The average molecular weight is 464 g/mol. The van der Waals surface area contributed by atoms with E-state index in [1.807, 2.05) is 19.1 Å². The van der Waals surface area contributed by atoms with Crippen molar-refractivity contribution in [2.75, 3.05) is 13.2 Å². The maximum absolute atomic E-state index is 13.6. The molecule has 1 aliphatic carbocycles. The molecule has 0 spiro atoms. The predicted octanol–water partition coefficient (Wildman–Crippen LogP) is 1.54. The van der Waals surface area contributed by atoms with E-state index in [9.17, 15) is 19.5 Å². The number of carbonyl (C=O) groups excluding carboxylic acids is 2. The Balaban J connectivity index is 1.61. The lowest BCUT2D eigenvalue weighted by Gasteiger charge is -2.30. The van der Waals surface area contributed by atoms with Crippen molar-refractivity contribution in [2.45, 2.75) is 51.2 Å². The van der Waals surface area contributed by atoms with Crippen molar-refractivity contribution in [1.82, 2.24) is 24.8 Å². The molecule has 0 bridgehead atoms. The molecule has 4 heterocycles. The van der Waals surface area contributed by atoms with Gasteiger partial charge in [0.25, 0.3) is 11.5 Å². The molecular formula is C25H29N5O4. The second kappa shape index (κ2) is 9.13. The van der Waals surface area contributed by atoms with Crippen LogP contribution in [0.3, 0.4) is 0 Å². The second-order valence-corrected chi connectivity index (χ2v) is 9.16. The quantitative estimate of drug-likeness (QED) is 0.695. The second-order valence-electron chi connectivity index (χ2n) is 9.16. The van der Waals surface area contributed by atoms with Gasteiger partial charge in [-0.2, -0.15) is 0 Å². The number of allylic oxidation sites excluding steroid dienone is 2. The van der Waals surface area contributed by atoms with Gasteiger partial charge in [0.2, 0.25) is 5.91 Å². The Morgan fingerprint density at radius 3 is 2.76 bits per heavy atom. The van der Waals surface area contributed by atoms with E-state index in [2.05, 4.69) is 21.4 Å². The Hall–Kier alpha value is -3.33. The molecule has 9 nitrogen and oxygen atoms in total. The van der Waals surface area contributed by atoms with Gasteiger partial charge >= 0.3 is 0 Å². The highest BCUT2D eigenvalue weighted by molar-refractivity contribution is 5.97. The molecule has 2 aromatic heterocycles. The topological polar surface area (TPSA) is 117 Å². The number of aliphatic hydroxyl groups excluding tert-OH is 1. The Kier molecular flexibility index (Phi) is 6.03. The molecule has 0 unspecified atom stereocenters. The van der Waals surface area contributed by atoms with Crippen LogP contribution in [0.25, 0.3) is 5.57 Å². The van der Waals surface area contributed by atoms with Crippen LogP contribution in [0.5, 0.6) is 0 Å². The maximum atomic E-state index is 13.6. The normalized spacial score (nSPS) is 25.5. The number of likely N-dealkylation sites (tertiary alicyclic amines) is 1. The molecule has 2 N–H and O–H groups in total. The van der Waals surface area contributed by atoms with Gasteiger partial charge in [0.15, 0.2) is 0 Å². The van der Waals surface area contributed by atoms with Crippen LogP contribution in [0.15, 0.2) is 41.6 Å². The van der Waals surface area contributed by atoms with Crippen LogP contribution >= 0.6 is 0 Å². The number of amides is 2. The highest BCUT2D eigenvalue weighted by atomic mass is 16.3. The van der Waals surface area contributed by atoms with Crippen molar-refractivity contribution in [3.63, 3.8) is 0 Å². The van der Waals surface area contributed by atoms with E-state index in [-0.39, 0.29) is 29.7 Å². The van der Waals surface area contributed by atoms with Gasteiger partial charge in [0, 0.05) is 55.2 Å².